The summed E-state index contributed by atoms with van der Waals surface area (Å²) in [4.78, 5) is 15.5. The maximum atomic E-state index is 13.6. The van der Waals surface area contributed by atoms with Crippen molar-refractivity contribution in [1.82, 2.24) is 4.90 Å². The van der Waals surface area contributed by atoms with E-state index in [0.717, 1.165) is 40.8 Å². The summed E-state index contributed by atoms with van der Waals surface area (Å²) in [6, 6.07) is 37.0. The second-order valence-corrected chi connectivity index (χ2v) is 10.1. The molecule has 1 amide bonds. The third kappa shape index (κ3) is 5.84. The van der Waals surface area contributed by atoms with Gasteiger partial charge in [-0.15, -0.1) is 0 Å². The lowest BCUT2D eigenvalue weighted by Gasteiger charge is -2.48. The highest BCUT2D eigenvalue weighted by molar-refractivity contribution is 5.68. The number of carbonyl (C=O) groups excluding carboxylic acids is 1. The van der Waals surface area contributed by atoms with Gasteiger partial charge in [0.1, 0.15) is 18.0 Å². The number of methoxy groups -OCH3 is 1. The summed E-state index contributed by atoms with van der Waals surface area (Å²) in [5.41, 5.74) is 2.35. The monoisotopic (exact) mass is 521 g/mol. The van der Waals surface area contributed by atoms with Crippen LogP contribution >= 0.6 is 0 Å². The van der Waals surface area contributed by atoms with Crippen molar-refractivity contribution in [1.29, 1.82) is 0 Å². The molecule has 5 nitrogen and oxygen atoms in total. The molecule has 0 radical (unpaired) electrons. The smallest absolute Gasteiger partial charge is 0.410 e. The van der Waals surface area contributed by atoms with E-state index in [-0.39, 0.29) is 24.7 Å². The van der Waals surface area contributed by atoms with E-state index < -0.39 is 5.60 Å². The lowest BCUT2D eigenvalue weighted by Crippen LogP contribution is -2.56. The van der Waals surface area contributed by atoms with Crippen molar-refractivity contribution in [3.8, 4) is 5.75 Å². The van der Waals surface area contributed by atoms with Gasteiger partial charge in [-0.25, -0.2) is 4.79 Å². The molecule has 1 aliphatic heterocycles. The minimum Gasteiger partial charge on any atom is -0.497 e. The number of amides is 1. The topological polar surface area (TPSA) is 59.0 Å². The van der Waals surface area contributed by atoms with Gasteiger partial charge in [-0.1, -0.05) is 103 Å². The maximum absolute atomic E-state index is 13.6. The highest BCUT2D eigenvalue weighted by Crippen LogP contribution is 2.45. The molecule has 0 aromatic heterocycles. The Morgan fingerprint density at radius 3 is 1.95 bits per heavy atom. The van der Waals surface area contributed by atoms with Crippen molar-refractivity contribution in [2.75, 3.05) is 13.7 Å². The number of hydrogen-bond acceptors (Lipinski definition) is 4. The Hall–Kier alpha value is -4.09. The van der Waals surface area contributed by atoms with Crippen LogP contribution in [0.25, 0.3) is 0 Å². The molecule has 1 heterocycles. The Morgan fingerprint density at radius 2 is 1.38 bits per heavy atom. The number of benzene rings is 4. The fourth-order valence-electron chi connectivity index (χ4n) is 5.81. The second kappa shape index (κ2) is 12.2. The van der Waals surface area contributed by atoms with E-state index in [1.165, 1.54) is 0 Å². The second-order valence-electron chi connectivity index (χ2n) is 10.1. The van der Waals surface area contributed by atoms with Crippen LogP contribution in [0.3, 0.4) is 0 Å². The molecule has 5 heteroatoms. The highest BCUT2D eigenvalue weighted by Gasteiger charge is 2.48. The third-order valence-electron chi connectivity index (χ3n) is 7.79. The van der Waals surface area contributed by atoms with Crippen LogP contribution in [0, 0.1) is 5.92 Å². The van der Waals surface area contributed by atoms with E-state index in [4.69, 9.17) is 9.47 Å². The number of carbonyl (C=O) groups is 1. The van der Waals surface area contributed by atoms with Crippen LogP contribution in [-0.2, 0) is 23.4 Å². The number of hydrogen-bond donors (Lipinski definition) is 1. The predicted molar refractivity (Wildman–Crippen MR) is 152 cm³/mol. The van der Waals surface area contributed by atoms with Crippen molar-refractivity contribution in [3.05, 3.63) is 138 Å². The molecule has 1 N–H and O–H groups in total. The van der Waals surface area contributed by atoms with Gasteiger partial charge in [0.15, 0.2) is 0 Å². The molecule has 4 aromatic rings. The van der Waals surface area contributed by atoms with Gasteiger partial charge < -0.3 is 19.5 Å². The highest BCUT2D eigenvalue weighted by atomic mass is 16.6. The van der Waals surface area contributed by atoms with Crippen molar-refractivity contribution in [2.24, 2.45) is 5.92 Å². The average Bonchev–Trinajstić information content (AvgIpc) is 3.01. The first-order valence-electron chi connectivity index (χ1n) is 13.5. The summed E-state index contributed by atoms with van der Waals surface area (Å²) in [5, 5.41) is 12.7. The van der Waals surface area contributed by atoms with E-state index in [1.807, 2.05) is 120 Å². The first kappa shape index (κ1) is 26.5. The van der Waals surface area contributed by atoms with Crippen LogP contribution in [0.1, 0.15) is 35.1 Å². The molecule has 0 bridgehead atoms. The average molecular weight is 522 g/mol. The summed E-state index contributed by atoms with van der Waals surface area (Å²) >= 11 is 0. The van der Waals surface area contributed by atoms with Crippen LogP contribution in [0.2, 0.25) is 0 Å². The fraction of sp³-hybridized carbons (Fsp3) is 0.265. The van der Waals surface area contributed by atoms with Crippen LogP contribution in [-0.4, -0.2) is 35.8 Å². The van der Waals surface area contributed by atoms with Crippen LogP contribution in [0.4, 0.5) is 4.79 Å². The van der Waals surface area contributed by atoms with Gasteiger partial charge in [-0.05, 0) is 53.6 Å². The lowest BCUT2D eigenvalue weighted by molar-refractivity contribution is -0.0508. The first-order valence-corrected chi connectivity index (χ1v) is 13.5. The zero-order chi connectivity index (χ0) is 27.1. The molecule has 5 rings (SSSR count). The normalized spacial score (nSPS) is 17.4. The van der Waals surface area contributed by atoms with Gasteiger partial charge >= 0.3 is 6.09 Å². The zero-order valence-corrected chi connectivity index (χ0v) is 22.3. The fourth-order valence-corrected chi connectivity index (χ4v) is 5.81. The summed E-state index contributed by atoms with van der Waals surface area (Å²) < 4.78 is 11.2. The molecule has 0 spiro atoms. The predicted octanol–water partition coefficient (Wildman–Crippen LogP) is 6.59. The van der Waals surface area contributed by atoms with E-state index in [0.29, 0.717) is 13.0 Å². The molecule has 0 aliphatic carbocycles. The van der Waals surface area contributed by atoms with Crippen molar-refractivity contribution in [2.45, 2.75) is 37.5 Å². The SMILES string of the molecule is COc1ccc(C[C@@H]2[C@H](C(O)(c3ccccc3)c3ccccc3)CCCN2C(=O)OCc2ccccc2)cc1. The van der Waals surface area contributed by atoms with Gasteiger partial charge in [0.2, 0.25) is 0 Å². The molecule has 2 atom stereocenters. The first-order chi connectivity index (χ1) is 19.1. The summed E-state index contributed by atoms with van der Waals surface area (Å²) in [6.07, 6.45) is 1.76. The molecule has 4 aromatic carbocycles. The Balaban J connectivity index is 1.53. The summed E-state index contributed by atoms with van der Waals surface area (Å²) in [6.45, 7) is 0.780. The van der Waals surface area contributed by atoms with Crippen molar-refractivity contribution in [3.63, 3.8) is 0 Å². The number of aliphatic hydroxyl groups is 1. The lowest BCUT2D eigenvalue weighted by atomic mass is 9.68. The van der Waals surface area contributed by atoms with Gasteiger partial charge in [0, 0.05) is 18.5 Å². The molecule has 200 valence electrons. The molecular formula is C34H35NO4. The maximum Gasteiger partial charge on any atom is 0.410 e. The molecule has 1 fully saturated rings. The quantitative estimate of drug-likeness (QED) is 0.284. The van der Waals surface area contributed by atoms with Crippen molar-refractivity contribution < 1.29 is 19.4 Å². The Labute approximate surface area is 230 Å². The third-order valence-corrected chi connectivity index (χ3v) is 7.79. The molecule has 39 heavy (non-hydrogen) atoms. The number of likely N-dealkylation sites (tertiary alicyclic amines) is 1. The molecule has 0 unspecified atom stereocenters. The Bertz CT molecular complexity index is 1290. The number of nitrogens with zero attached hydrogens (tertiary/aromatic N) is 1. The van der Waals surface area contributed by atoms with Crippen LogP contribution in [0.5, 0.6) is 5.75 Å². The van der Waals surface area contributed by atoms with Gasteiger partial charge in [-0.2, -0.15) is 0 Å². The minimum atomic E-state index is -1.29. The molecule has 1 saturated heterocycles. The molecule has 0 saturated carbocycles. The Morgan fingerprint density at radius 1 is 0.821 bits per heavy atom. The van der Waals surface area contributed by atoms with Crippen molar-refractivity contribution >= 4 is 6.09 Å². The zero-order valence-electron chi connectivity index (χ0n) is 22.3. The minimum absolute atomic E-state index is 0.206. The van der Waals surface area contributed by atoms with E-state index in [1.54, 1.807) is 7.11 Å². The largest absolute Gasteiger partial charge is 0.497 e. The van der Waals surface area contributed by atoms with Crippen LogP contribution in [0.15, 0.2) is 115 Å². The molecular weight excluding hydrogens is 486 g/mol. The van der Waals surface area contributed by atoms with Crippen LogP contribution < -0.4 is 4.74 Å². The number of piperidine rings is 1. The summed E-state index contributed by atoms with van der Waals surface area (Å²) in [5.74, 6) is 0.519. The standard InChI is InChI=1S/C34H35NO4/c1-38-30-21-19-26(20-22-30)24-32-31(18-11-23-35(32)33(36)39-25-27-12-5-2-6-13-27)34(37,28-14-7-3-8-15-28)29-16-9-4-10-17-29/h2-10,12-17,19-22,31-32,37H,11,18,23-25H2,1H3/t31-,32-/m1/s1. The number of ether oxygens (including phenoxy) is 2. The van der Waals surface area contributed by atoms with Gasteiger partial charge in [-0.3, -0.25) is 0 Å². The Kier molecular flexibility index (Phi) is 8.28. The van der Waals surface area contributed by atoms with E-state index >= 15 is 0 Å². The van der Waals surface area contributed by atoms with Gasteiger partial charge in [0.05, 0.1) is 7.11 Å². The van der Waals surface area contributed by atoms with E-state index in [9.17, 15) is 9.90 Å². The number of rotatable bonds is 8. The molecule has 1 aliphatic rings. The van der Waals surface area contributed by atoms with E-state index in [2.05, 4.69) is 0 Å². The summed E-state index contributed by atoms with van der Waals surface area (Å²) in [7, 11) is 1.65. The van der Waals surface area contributed by atoms with Gasteiger partial charge in [0.25, 0.3) is 0 Å².